The molecule has 1 aliphatic carbocycles. The van der Waals surface area contributed by atoms with Crippen LogP contribution in [0.5, 0.6) is 0 Å². The van der Waals surface area contributed by atoms with Gasteiger partial charge in [0.2, 0.25) is 0 Å². The number of benzene rings is 3. The summed E-state index contributed by atoms with van der Waals surface area (Å²) in [7, 11) is 1.72. The average molecular weight is 470 g/mol. The van der Waals surface area contributed by atoms with E-state index in [9.17, 15) is 14.3 Å². The number of aromatic amines is 1. The molecule has 0 saturated heterocycles. The fourth-order valence-electron chi connectivity index (χ4n) is 5.49. The minimum absolute atomic E-state index is 0.213. The number of hydrogen-bond acceptors (Lipinski definition) is 3. The van der Waals surface area contributed by atoms with Crippen LogP contribution < -0.4 is 0 Å². The van der Waals surface area contributed by atoms with E-state index in [0.29, 0.717) is 6.61 Å². The van der Waals surface area contributed by atoms with Gasteiger partial charge in [0, 0.05) is 40.2 Å². The van der Waals surface area contributed by atoms with E-state index in [-0.39, 0.29) is 16.8 Å². The predicted octanol–water partition coefficient (Wildman–Crippen LogP) is 6.08. The molecule has 6 rings (SSSR count). The Labute approximate surface area is 201 Å². The molecule has 0 atom stereocenters. The summed E-state index contributed by atoms with van der Waals surface area (Å²) in [5.74, 6) is -1.25. The van der Waals surface area contributed by atoms with Crippen molar-refractivity contribution < 1.29 is 19.0 Å². The second-order valence-corrected chi connectivity index (χ2v) is 9.31. The van der Waals surface area contributed by atoms with E-state index in [1.807, 2.05) is 12.1 Å². The number of aromatic carboxylic acids is 1. The van der Waals surface area contributed by atoms with Gasteiger partial charge in [-0.15, -0.1) is 0 Å². The van der Waals surface area contributed by atoms with Crippen molar-refractivity contribution >= 4 is 27.8 Å². The number of carboxylic acids is 1. The summed E-state index contributed by atoms with van der Waals surface area (Å²) in [5.41, 5.74) is 5.86. The van der Waals surface area contributed by atoms with Gasteiger partial charge in [0.15, 0.2) is 0 Å². The van der Waals surface area contributed by atoms with E-state index < -0.39 is 5.97 Å². The van der Waals surface area contributed by atoms with Crippen LogP contribution in [0.1, 0.15) is 35.3 Å². The lowest BCUT2D eigenvalue weighted by Gasteiger charge is -2.43. The van der Waals surface area contributed by atoms with E-state index >= 15 is 0 Å². The molecule has 2 N–H and O–H groups in total. The largest absolute Gasteiger partial charge is 0.478 e. The number of nitrogens with one attached hydrogen (secondary N) is 1. The summed E-state index contributed by atoms with van der Waals surface area (Å²) in [4.78, 5) is 11.5. The Kier molecular flexibility index (Phi) is 4.96. The summed E-state index contributed by atoms with van der Waals surface area (Å²) in [5, 5.41) is 18.7. The van der Waals surface area contributed by atoms with E-state index in [2.05, 4.69) is 26.9 Å². The van der Waals surface area contributed by atoms with Crippen LogP contribution in [0, 0.1) is 5.82 Å². The van der Waals surface area contributed by atoms with E-state index in [1.54, 1.807) is 37.6 Å². The molecule has 176 valence electrons. The quantitative estimate of drug-likeness (QED) is 0.316. The third-order valence-electron chi connectivity index (χ3n) is 7.27. The van der Waals surface area contributed by atoms with Gasteiger partial charge in [-0.3, -0.25) is 5.10 Å². The number of halogens is 1. The van der Waals surface area contributed by atoms with Crippen molar-refractivity contribution in [1.82, 2.24) is 14.8 Å². The first-order valence-corrected chi connectivity index (χ1v) is 11.6. The molecule has 35 heavy (non-hydrogen) atoms. The molecule has 0 bridgehead atoms. The van der Waals surface area contributed by atoms with Crippen LogP contribution in [0.4, 0.5) is 4.39 Å². The highest BCUT2D eigenvalue weighted by molar-refractivity contribution is 6.06. The number of carbonyl (C=O) groups is 1. The van der Waals surface area contributed by atoms with Crippen molar-refractivity contribution in [3.05, 3.63) is 83.9 Å². The molecule has 0 unspecified atom stereocenters. The second kappa shape index (κ2) is 8.06. The number of carboxylic acid groups (broad SMARTS) is 1. The van der Waals surface area contributed by atoms with Gasteiger partial charge in [-0.1, -0.05) is 18.6 Å². The Hall–Kier alpha value is -3.97. The molecular formula is C28H24FN3O3. The standard InChI is InChI=1S/C28H24FN3O3/c1-35-16-28(11-2-12-28)26-25(17-3-5-18(6-4-17)27(33)34)22-14-23-19(15-30-31-23)13-24(22)32(26)21-9-7-20(29)8-10-21/h3-10,13-15H,2,11-12,16H2,1H3,(H,30,31)(H,33,34). The molecule has 2 aromatic heterocycles. The summed E-state index contributed by atoms with van der Waals surface area (Å²) in [6.07, 6.45) is 4.83. The smallest absolute Gasteiger partial charge is 0.335 e. The third-order valence-corrected chi connectivity index (χ3v) is 7.27. The average Bonchev–Trinajstić information content (AvgIpc) is 3.42. The monoisotopic (exact) mass is 469 g/mol. The number of hydrogen-bond donors (Lipinski definition) is 2. The van der Waals surface area contributed by atoms with Gasteiger partial charge < -0.3 is 14.4 Å². The summed E-state index contributed by atoms with van der Waals surface area (Å²) < 4.78 is 21.9. The van der Waals surface area contributed by atoms with Crippen molar-refractivity contribution in [2.24, 2.45) is 0 Å². The first kappa shape index (κ1) is 21.6. The maximum absolute atomic E-state index is 13.9. The molecule has 0 radical (unpaired) electrons. The van der Waals surface area contributed by atoms with E-state index in [0.717, 1.165) is 63.6 Å². The van der Waals surface area contributed by atoms with Crippen molar-refractivity contribution in [2.45, 2.75) is 24.7 Å². The lowest BCUT2D eigenvalue weighted by Crippen LogP contribution is -2.40. The maximum atomic E-state index is 13.9. The van der Waals surface area contributed by atoms with Gasteiger partial charge in [-0.05, 0) is 66.9 Å². The summed E-state index contributed by atoms with van der Waals surface area (Å²) >= 11 is 0. The molecule has 1 aliphatic rings. The topological polar surface area (TPSA) is 80.1 Å². The minimum atomic E-state index is -0.959. The van der Waals surface area contributed by atoms with Crippen LogP contribution in [0.2, 0.25) is 0 Å². The second-order valence-electron chi connectivity index (χ2n) is 9.31. The van der Waals surface area contributed by atoms with Gasteiger partial charge in [-0.25, -0.2) is 9.18 Å². The lowest BCUT2D eigenvalue weighted by atomic mass is 9.65. The number of rotatable bonds is 6. The van der Waals surface area contributed by atoms with Crippen LogP contribution in [-0.4, -0.2) is 39.6 Å². The van der Waals surface area contributed by atoms with E-state index in [4.69, 9.17) is 4.74 Å². The van der Waals surface area contributed by atoms with Gasteiger partial charge in [0.1, 0.15) is 5.82 Å². The predicted molar refractivity (Wildman–Crippen MR) is 133 cm³/mol. The van der Waals surface area contributed by atoms with Crippen LogP contribution in [-0.2, 0) is 10.2 Å². The highest BCUT2D eigenvalue weighted by atomic mass is 19.1. The molecule has 0 amide bonds. The van der Waals surface area contributed by atoms with Crippen molar-refractivity contribution in [1.29, 1.82) is 0 Å². The molecule has 0 aliphatic heterocycles. The molecule has 1 fully saturated rings. The number of fused-ring (bicyclic) bond motifs is 2. The van der Waals surface area contributed by atoms with Crippen molar-refractivity contribution in [3.63, 3.8) is 0 Å². The molecule has 0 spiro atoms. The van der Waals surface area contributed by atoms with Gasteiger partial charge in [0.25, 0.3) is 0 Å². The van der Waals surface area contributed by atoms with Gasteiger partial charge >= 0.3 is 5.97 Å². The van der Waals surface area contributed by atoms with Crippen LogP contribution in [0.25, 0.3) is 38.6 Å². The molecule has 6 nitrogen and oxygen atoms in total. The third kappa shape index (κ3) is 3.34. The molecule has 5 aromatic rings. The zero-order valence-electron chi connectivity index (χ0n) is 19.2. The Bertz CT molecular complexity index is 1560. The highest BCUT2D eigenvalue weighted by Gasteiger charge is 2.44. The molecule has 7 heteroatoms. The first-order chi connectivity index (χ1) is 17.0. The Balaban J connectivity index is 1.75. The number of nitrogens with zero attached hydrogens (tertiary/aromatic N) is 2. The fourth-order valence-corrected chi connectivity index (χ4v) is 5.49. The van der Waals surface area contributed by atoms with Crippen molar-refractivity contribution in [2.75, 3.05) is 13.7 Å². The van der Waals surface area contributed by atoms with Crippen LogP contribution in [0.15, 0.2) is 66.9 Å². The SMILES string of the molecule is COCC1(c2c(-c3ccc(C(=O)O)cc3)c3cc4[nH]ncc4cc3n2-c2ccc(F)cc2)CCC1. The number of H-pyrrole nitrogens is 1. The normalized spacial score (nSPS) is 14.9. The Morgan fingerprint density at radius 2 is 1.89 bits per heavy atom. The number of methoxy groups -OCH3 is 1. The van der Waals surface area contributed by atoms with Gasteiger partial charge in [-0.2, -0.15) is 5.10 Å². The lowest BCUT2D eigenvalue weighted by molar-refractivity contribution is 0.0697. The number of aromatic nitrogens is 3. The molecular weight excluding hydrogens is 445 g/mol. The Morgan fingerprint density at radius 1 is 1.14 bits per heavy atom. The van der Waals surface area contributed by atoms with Crippen molar-refractivity contribution in [3.8, 4) is 16.8 Å². The molecule has 3 aromatic carbocycles. The zero-order valence-corrected chi connectivity index (χ0v) is 19.2. The summed E-state index contributed by atoms with van der Waals surface area (Å²) in [6, 6.07) is 17.8. The minimum Gasteiger partial charge on any atom is -0.478 e. The first-order valence-electron chi connectivity index (χ1n) is 11.6. The molecule has 1 saturated carbocycles. The highest BCUT2D eigenvalue weighted by Crippen LogP contribution is 2.52. The Morgan fingerprint density at radius 3 is 2.51 bits per heavy atom. The zero-order chi connectivity index (χ0) is 24.2. The number of ether oxygens (including phenoxy) is 1. The summed E-state index contributed by atoms with van der Waals surface area (Å²) in [6.45, 7) is 0.560. The van der Waals surface area contributed by atoms with Gasteiger partial charge in [0.05, 0.1) is 29.4 Å². The maximum Gasteiger partial charge on any atom is 0.335 e. The van der Waals surface area contributed by atoms with Crippen LogP contribution in [0.3, 0.4) is 0 Å². The molecule has 2 heterocycles. The van der Waals surface area contributed by atoms with E-state index in [1.165, 1.54) is 12.1 Å². The van der Waals surface area contributed by atoms with Crippen LogP contribution >= 0.6 is 0 Å². The fraction of sp³-hybridized carbons (Fsp3) is 0.214.